The molecule has 25 heavy (non-hydrogen) atoms. The fraction of sp³-hybridized carbons (Fsp3) is 0.667. The van der Waals surface area contributed by atoms with Gasteiger partial charge < -0.3 is 5.32 Å². The summed E-state index contributed by atoms with van der Waals surface area (Å²) in [7, 11) is 0. The maximum absolute atomic E-state index is 12.4. The van der Waals surface area contributed by atoms with Crippen molar-refractivity contribution < 1.29 is 0 Å². The Morgan fingerprint density at radius 3 is 2.72 bits per heavy atom. The molecule has 7 heteroatoms. The molecule has 2 heterocycles. The molecule has 0 spiro atoms. The molecule has 2 aromatic rings. The lowest BCUT2D eigenvalue weighted by Gasteiger charge is -2.29. The zero-order chi connectivity index (χ0) is 16.8. The first-order chi connectivity index (χ1) is 12.3. The summed E-state index contributed by atoms with van der Waals surface area (Å²) < 4.78 is 1.76. The monoisotopic (exact) mass is 357 g/mol. The van der Waals surface area contributed by atoms with Crippen LogP contribution in [0.2, 0.25) is 0 Å². The summed E-state index contributed by atoms with van der Waals surface area (Å²) in [6.07, 6.45) is 9.79. The first-order valence-corrected chi connectivity index (χ1v) is 10.3. The number of hydrogen-bond acceptors (Lipinski definition) is 6. The van der Waals surface area contributed by atoms with E-state index in [0.29, 0.717) is 12.0 Å². The van der Waals surface area contributed by atoms with Gasteiger partial charge in [0.25, 0.3) is 5.56 Å². The van der Waals surface area contributed by atoms with Crippen LogP contribution >= 0.6 is 11.3 Å². The molecule has 5 rings (SSSR count). The van der Waals surface area contributed by atoms with Crippen LogP contribution in [-0.2, 0) is 12.8 Å². The molecule has 0 unspecified atom stereocenters. The van der Waals surface area contributed by atoms with Crippen LogP contribution < -0.4 is 10.9 Å². The van der Waals surface area contributed by atoms with Gasteiger partial charge in [-0.25, -0.2) is 4.68 Å². The summed E-state index contributed by atoms with van der Waals surface area (Å²) >= 11 is 1.71. The second-order valence-electron chi connectivity index (χ2n) is 7.62. The van der Waals surface area contributed by atoms with Gasteiger partial charge in [0.05, 0.1) is 11.7 Å². The number of hydrogen-bond donors (Lipinski definition) is 1. The van der Waals surface area contributed by atoms with Gasteiger partial charge in [-0.05, 0) is 63.4 Å². The van der Waals surface area contributed by atoms with Crippen molar-refractivity contribution in [2.24, 2.45) is 0 Å². The molecule has 0 radical (unpaired) electrons. The zero-order valence-electron chi connectivity index (χ0n) is 14.3. The van der Waals surface area contributed by atoms with E-state index in [-0.39, 0.29) is 11.6 Å². The van der Waals surface area contributed by atoms with Crippen molar-refractivity contribution in [1.29, 1.82) is 0 Å². The van der Waals surface area contributed by atoms with Crippen LogP contribution in [0.15, 0.2) is 10.9 Å². The molecule has 0 aromatic carbocycles. The van der Waals surface area contributed by atoms with Crippen molar-refractivity contribution in [2.75, 3.05) is 5.32 Å². The van der Waals surface area contributed by atoms with Crippen molar-refractivity contribution in [3.8, 4) is 0 Å². The summed E-state index contributed by atoms with van der Waals surface area (Å²) in [5, 5.41) is 19.0. The smallest absolute Gasteiger partial charge is 0.267 e. The third kappa shape index (κ3) is 3.10. The Hall–Kier alpha value is -1.76. The first kappa shape index (κ1) is 15.5. The summed E-state index contributed by atoms with van der Waals surface area (Å²) in [5.41, 5.74) is 2.39. The van der Waals surface area contributed by atoms with E-state index >= 15 is 0 Å². The minimum Gasteiger partial charge on any atom is -0.357 e. The highest BCUT2D eigenvalue weighted by atomic mass is 32.1. The van der Waals surface area contributed by atoms with E-state index in [9.17, 15) is 4.79 Å². The van der Waals surface area contributed by atoms with E-state index < -0.39 is 0 Å². The van der Waals surface area contributed by atoms with Gasteiger partial charge in [-0.15, -0.1) is 10.2 Å². The minimum absolute atomic E-state index is 0.0789. The van der Waals surface area contributed by atoms with Crippen LogP contribution in [0, 0.1) is 0 Å². The average Bonchev–Trinajstić information content (AvgIpc) is 3.20. The molecule has 3 aliphatic rings. The third-order valence-electron chi connectivity index (χ3n) is 5.72. The van der Waals surface area contributed by atoms with Crippen molar-refractivity contribution in [3.63, 3.8) is 0 Å². The van der Waals surface area contributed by atoms with Gasteiger partial charge in [0.15, 0.2) is 0 Å². The van der Waals surface area contributed by atoms with E-state index in [1.54, 1.807) is 16.0 Å². The van der Waals surface area contributed by atoms with Gasteiger partial charge in [-0.1, -0.05) is 11.3 Å². The van der Waals surface area contributed by atoms with Gasteiger partial charge in [0.1, 0.15) is 5.01 Å². The van der Waals surface area contributed by atoms with Crippen LogP contribution in [0.4, 0.5) is 5.13 Å². The number of rotatable bonds is 4. The van der Waals surface area contributed by atoms with Crippen molar-refractivity contribution in [3.05, 3.63) is 32.7 Å². The summed E-state index contributed by atoms with van der Waals surface area (Å²) in [6.45, 7) is 0. The van der Waals surface area contributed by atoms with Crippen LogP contribution in [0.25, 0.3) is 0 Å². The van der Waals surface area contributed by atoms with Crippen LogP contribution in [0.5, 0.6) is 0 Å². The maximum atomic E-state index is 12.4. The Labute approximate surface area is 150 Å². The van der Waals surface area contributed by atoms with E-state index in [1.165, 1.54) is 23.4 Å². The number of fused-ring (bicyclic) bond motifs is 1. The lowest BCUT2D eigenvalue weighted by molar-refractivity contribution is 0.302. The van der Waals surface area contributed by atoms with E-state index in [2.05, 4.69) is 20.6 Å². The predicted molar refractivity (Wildman–Crippen MR) is 97.3 cm³/mol. The molecule has 3 aliphatic carbocycles. The van der Waals surface area contributed by atoms with Gasteiger partial charge in [-0.3, -0.25) is 4.79 Å². The summed E-state index contributed by atoms with van der Waals surface area (Å²) in [5.74, 6) is 0.668. The molecule has 1 N–H and O–H groups in total. The molecule has 2 saturated carbocycles. The Balaban J connectivity index is 1.23. The van der Waals surface area contributed by atoms with Gasteiger partial charge in [0.2, 0.25) is 5.13 Å². The molecule has 2 fully saturated rings. The molecular formula is C18H23N5OS. The van der Waals surface area contributed by atoms with E-state index in [1.807, 2.05) is 6.07 Å². The maximum Gasteiger partial charge on any atom is 0.267 e. The Morgan fingerprint density at radius 1 is 1.08 bits per heavy atom. The van der Waals surface area contributed by atoms with Crippen molar-refractivity contribution >= 4 is 16.5 Å². The normalized spacial score (nSPS) is 25.8. The number of nitrogens with zero attached hydrogens (tertiary/aromatic N) is 4. The van der Waals surface area contributed by atoms with Gasteiger partial charge in [-0.2, -0.15) is 5.10 Å². The van der Waals surface area contributed by atoms with Crippen LogP contribution in [0.3, 0.4) is 0 Å². The lowest BCUT2D eigenvalue weighted by Crippen LogP contribution is -2.33. The standard InChI is InChI=1S/C18H23N5OS/c24-16-10-12-2-1-3-15(12)22-23(16)14-8-6-13(7-9-14)19-18-21-20-17(25-18)11-4-5-11/h10-11,13-14H,1-9H2,(H,19,21). The molecule has 0 saturated heterocycles. The molecular weight excluding hydrogens is 334 g/mol. The number of aryl methyl sites for hydroxylation is 2. The molecule has 0 atom stereocenters. The molecule has 0 bridgehead atoms. The van der Waals surface area contributed by atoms with Crippen LogP contribution in [0.1, 0.15) is 73.2 Å². The quantitative estimate of drug-likeness (QED) is 0.910. The Morgan fingerprint density at radius 2 is 1.92 bits per heavy atom. The third-order valence-corrected chi connectivity index (χ3v) is 6.74. The predicted octanol–water partition coefficient (Wildman–Crippen LogP) is 3.06. The van der Waals surface area contributed by atoms with Gasteiger partial charge >= 0.3 is 0 Å². The highest BCUT2D eigenvalue weighted by molar-refractivity contribution is 7.15. The zero-order valence-corrected chi connectivity index (χ0v) is 15.1. The second-order valence-corrected chi connectivity index (χ2v) is 8.63. The highest BCUT2D eigenvalue weighted by Crippen LogP contribution is 2.42. The topological polar surface area (TPSA) is 72.7 Å². The SMILES string of the molecule is O=c1cc2c(nn1C1CCC(Nc3nnc(C4CC4)s3)CC1)CCC2. The molecule has 6 nitrogen and oxygen atoms in total. The fourth-order valence-corrected chi connectivity index (χ4v) is 5.09. The number of aromatic nitrogens is 4. The first-order valence-electron chi connectivity index (χ1n) is 9.48. The van der Waals surface area contributed by atoms with Crippen LogP contribution in [-0.4, -0.2) is 26.0 Å². The second kappa shape index (κ2) is 6.20. The largest absolute Gasteiger partial charge is 0.357 e. The minimum atomic E-state index is 0.0789. The summed E-state index contributed by atoms with van der Waals surface area (Å²) in [4.78, 5) is 12.4. The van der Waals surface area contributed by atoms with Crippen molar-refractivity contribution in [1.82, 2.24) is 20.0 Å². The fourth-order valence-electron chi connectivity index (χ4n) is 4.10. The number of nitrogens with one attached hydrogen (secondary N) is 1. The van der Waals surface area contributed by atoms with E-state index in [0.717, 1.165) is 55.8 Å². The van der Waals surface area contributed by atoms with Gasteiger partial charge in [0, 0.05) is 18.0 Å². The average molecular weight is 357 g/mol. The Kier molecular flexibility index (Phi) is 3.84. The molecule has 0 amide bonds. The highest BCUT2D eigenvalue weighted by Gasteiger charge is 2.29. The van der Waals surface area contributed by atoms with Crippen molar-refractivity contribution in [2.45, 2.75) is 75.8 Å². The molecule has 0 aliphatic heterocycles. The molecule has 2 aromatic heterocycles. The Bertz CT molecular complexity index is 832. The lowest BCUT2D eigenvalue weighted by atomic mass is 9.91. The summed E-state index contributed by atoms with van der Waals surface area (Å²) in [6, 6.07) is 2.50. The molecule has 132 valence electrons. The number of anilines is 1. The van der Waals surface area contributed by atoms with E-state index in [4.69, 9.17) is 0 Å².